The largest absolute Gasteiger partial charge is 0.337 e. The second-order valence-electron chi connectivity index (χ2n) is 9.17. The zero-order valence-electron chi connectivity index (χ0n) is 18.1. The molecule has 0 bridgehead atoms. The number of fused-ring (bicyclic) bond motifs is 1. The van der Waals surface area contributed by atoms with Crippen LogP contribution in [0.5, 0.6) is 0 Å². The number of nitrogens with zero attached hydrogens (tertiary/aromatic N) is 5. The zero-order valence-corrected chi connectivity index (χ0v) is 18.1. The minimum absolute atomic E-state index is 0.0475. The molecule has 2 aliphatic heterocycles. The summed E-state index contributed by atoms with van der Waals surface area (Å²) in [6.45, 7) is 12.1. The van der Waals surface area contributed by atoms with Crippen LogP contribution >= 0.6 is 0 Å². The Balaban J connectivity index is 1.29. The van der Waals surface area contributed by atoms with Crippen molar-refractivity contribution in [2.75, 3.05) is 32.7 Å². The zero-order chi connectivity index (χ0) is 20.9. The van der Waals surface area contributed by atoms with Crippen molar-refractivity contribution in [3.05, 3.63) is 47.0 Å². The topological polar surface area (TPSA) is 70.1 Å². The van der Waals surface area contributed by atoms with E-state index in [1.54, 1.807) is 0 Å². The van der Waals surface area contributed by atoms with Crippen LogP contribution in [-0.4, -0.2) is 68.2 Å². The summed E-state index contributed by atoms with van der Waals surface area (Å²) in [5.41, 5.74) is 6.32. The van der Waals surface area contributed by atoms with Crippen LogP contribution in [-0.2, 0) is 6.54 Å². The number of carbonyl (C=O) groups is 1. The van der Waals surface area contributed by atoms with Crippen molar-refractivity contribution in [3.8, 4) is 0 Å². The monoisotopic (exact) mass is 406 g/mol. The number of likely N-dealkylation sites (tertiary alicyclic amines) is 2. The number of aromatic amines is 1. The van der Waals surface area contributed by atoms with Crippen molar-refractivity contribution >= 4 is 16.9 Å². The number of imidazole rings is 1. The Morgan fingerprint density at radius 1 is 1.13 bits per heavy atom. The van der Waals surface area contributed by atoms with Gasteiger partial charge in [0, 0.05) is 25.0 Å². The van der Waals surface area contributed by atoms with Crippen LogP contribution in [0.25, 0.3) is 11.0 Å². The van der Waals surface area contributed by atoms with Crippen LogP contribution in [0.2, 0.25) is 0 Å². The lowest BCUT2D eigenvalue weighted by atomic mass is 9.86. The first-order valence-corrected chi connectivity index (χ1v) is 10.9. The highest BCUT2D eigenvalue weighted by Gasteiger charge is 2.44. The highest BCUT2D eigenvalue weighted by molar-refractivity contribution is 5.92. The van der Waals surface area contributed by atoms with Crippen molar-refractivity contribution in [1.29, 1.82) is 0 Å². The maximum atomic E-state index is 13.1. The molecule has 2 fully saturated rings. The molecule has 4 heterocycles. The van der Waals surface area contributed by atoms with E-state index in [9.17, 15) is 4.79 Å². The Bertz CT molecular complexity index is 1100. The van der Waals surface area contributed by atoms with Gasteiger partial charge in [0.15, 0.2) is 0 Å². The average Bonchev–Trinajstić information content (AvgIpc) is 3.52. The van der Waals surface area contributed by atoms with Gasteiger partial charge in [0.25, 0.3) is 5.91 Å². The Morgan fingerprint density at radius 2 is 1.93 bits per heavy atom. The molecule has 1 aromatic carbocycles. The second-order valence-corrected chi connectivity index (χ2v) is 9.17. The van der Waals surface area contributed by atoms with Gasteiger partial charge in [-0.05, 0) is 69.1 Å². The summed E-state index contributed by atoms with van der Waals surface area (Å²) in [6, 6.07) is 6.19. The lowest BCUT2D eigenvalue weighted by molar-refractivity contribution is 0.0767. The predicted octanol–water partition coefficient (Wildman–Crippen LogP) is 2.98. The molecule has 2 aliphatic rings. The highest BCUT2D eigenvalue weighted by atomic mass is 16.2. The number of hydrogen-bond acceptors (Lipinski definition) is 4. The summed E-state index contributed by atoms with van der Waals surface area (Å²) < 4.78 is 2.10. The first kappa shape index (κ1) is 19.3. The summed E-state index contributed by atoms with van der Waals surface area (Å²) >= 11 is 0. The molecule has 5 rings (SSSR count). The third kappa shape index (κ3) is 3.31. The fraction of sp³-hybridized carbons (Fsp3) is 0.522. The normalized spacial score (nSPS) is 22.0. The Morgan fingerprint density at radius 3 is 2.73 bits per heavy atom. The van der Waals surface area contributed by atoms with Crippen LogP contribution in [0.1, 0.15) is 47.1 Å². The van der Waals surface area contributed by atoms with Gasteiger partial charge in [0.05, 0.1) is 29.6 Å². The molecule has 0 unspecified atom stereocenters. The molecule has 7 heteroatoms. The van der Waals surface area contributed by atoms with E-state index in [0.717, 1.165) is 55.9 Å². The third-order valence-corrected chi connectivity index (χ3v) is 7.12. The molecule has 1 amide bonds. The summed E-state index contributed by atoms with van der Waals surface area (Å²) in [5.74, 6) is 0.0475. The van der Waals surface area contributed by atoms with Gasteiger partial charge in [-0.25, -0.2) is 4.98 Å². The predicted molar refractivity (Wildman–Crippen MR) is 117 cm³/mol. The third-order valence-electron chi connectivity index (χ3n) is 7.12. The van der Waals surface area contributed by atoms with Crippen molar-refractivity contribution < 1.29 is 4.79 Å². The fourth-order valence-electron chi connectivity index (χ4n) is 5.08. The van der Waals surface area contributed by atoms with E-state index in [4.69, 9.17) is 0 Å². The van der Waals surface area contributed by atoms with E-state index in [1.807, 2.05) is 17.3 Å². The molecule has 1 N–H and O–H groups in total. The summed E-state index contributed by atoms with van der Waals surface area (Å²) in [6.07, 6.45) is 4.16. The number of aryl methyl sites for hydroxylation is 2. The minimum Gasteiger partial charge on any atom is -0.337 e. The van der Waals surface area contributed by atoms with E-state index < -0.39 is 0 Å². The van der Waals surface area contributed by atoms with Crippen LogP contribution in [0, 0.1) is 19.3 Å². The molecule has 1 atom stereocenters. The average molecular weight is 407 g/mol. The number of nitrogens with one attached hydrogen (secondary N) is 1. The number of benzene rings is 1. The Kier molecular flexibility index (Phi) is 4.65. The van der Waals surface area contributed by atoms with Crippen molar-refractivity contribution in [1.82, 2.24) is 29.5 Å². The maximum absolute atomic E-state index is 13.1. The van der Waals surface area contributed by atoms with Gasteiger partial charge in [-0.1, -0.05) is 6.92 Å². The SMILES string of the molecule is CCN1CC[C@@]2(CCN(C(=O)c3cc(Cn4cnc5cc(C)c(C)cc54)[nH]n3)C2)C1. The first-order valence-electron chi connectivity index (χ1n) is 10.9. The molecule has 0 aliphatic carbocycles. The molecular formula is C23H30N6O. The molecule has 1 spiro atoms. The molecule has 30 heavy (non-hydrogen) atoms. The number of hydrogen-bond donors (Lipinski definition) is 1. The van der Waals surface area contributed by atoms with E-state index in [-0.39, 0.29) is 11.3 Å². The summed E-state index contributed by atoms with van der Waals surface area (Å²) in [5, 5.41) is 7.40. The van der Waals surface area contributed by atoms with E-state index in [1.165, 1.54) is 17.5 Å². The van der Waals surface area contributed by atoms with Gasteiger partial charge < -0.3 is 14.4 Å². The van der Waals surface area contributed by atoms with E-state index in [2.05, 4.69) is 57.6 Å². The maximum Gasteiger partial charge on any atom is 0.274 e. The second kappa shape index (κ2) is 7.23. The molecule has 2 saturated heterocycles. The molecule has 3 aromatic rings. The van der Waals surface area contributed by atoms with E-state index >= 15 is 0 Å². The standard InChI is InChI=1S/C23H30N6O/c1-4-27-7-5-23(13-27)6-8-28(14-23)22(30)20-11-18(25-26-20)12-29-15-24-19-9-16(2)17(3)10-21(19)29/h9-11,15H,4-8,12-14H2,1-3H3,(H,25,26)/t23-/m1/s1. The number of carbonyl (C=O) groups excluding carboxylic acids is 1. The van der Waals surface area contributed by atoms with Gasteiger partial charge in [0.2, 0.25) is 0 Å². The highest BCUT2D eigenvalue weighted by Crippen LogP contribution is 2.39. The molecule has 0 radical (unpaired) electrons. The lowest BCUT2D eigenvalue weighted by Gasteiger charge is -2.24. The number of rotatable bonds is 4. The number of amides is 1. The lowest BCUT2D eigenvalue weighted by Crippen LogP contribution is -2.34. The van der Waals surface area contributed by atoms with Crippen LogP contribution in [0.15, 0.2) is 24.5 Å². The van der Waals surface area contributed by atoms with Gasteiger partial charge in [-0.2, -0.15) is 5.10 Å². The Hall–Kier alpha value is -2.67. The van der Waals surface area contributed by atoms with Crippen molar-refractivity contribution in [3.63, 3.8) is 0 Å². The molecule has 2 aromatic heterocycles. The van der Waals surface area contributed by atoms with Crippen molar-refractivity contribution in [2.24, 2.45) is 5.41 Å². The van der Waals surface area contributed by atoms with Gasteiger partial charge >= 0.3 is 0 Å². The molecule has 7 nitrogen and oxygen atoms in total. The van der Waals surface area contributed by atoms with Crippen LogP contribution in [0.3, 0.4) is 0 Å². The number of aromatic nitrogens is 4. The van der Waals surface area contributed by atoms with Gasteiger partial charge in [0.1, 0.15) is 5.69 Å². The minimum atomic E-state index is 0.0475. The molecule has 0 saturated carbocycles. The number of H-pyrrole nitrogens is 1. The van der Waals surface area contributed by atoms with Crippen LogP contribution in [0.4, 0.5) is 0 Å². The first-order chi connectivity index (χ1) is 14.5. The van der Waals surface area contributed by atoms with Gasteiger partial charge in [-0.3, -0.25) is 9.89 Å². The van der Waals surface area contributed by atoms with Crippen molar-refractivity contribution in [2.45, 2.75) is 40.2 Å². The van der Waals surface area contributed by atoms with Gasteiger partial charge in [-0.15, -0.1) is 0 Å². The summed E-state index contributed by atoms with van der Waals surface area (Å²) in [7, 11) is 0. The Labute approximate surface area is 177 Å². The van der Waals surface area contributed by atoms with Crippen LogP contribution < -0.4 is 0 Å². The fourth-order valence-corrected chi connectivity index (χ4v) is 5.08. The quantitative estimate of drug-likeness (QED) is 0.723. The smallest absolute Gasteiger partial charge is 0.274 e. The van der Waals surface area contributed by atoms with E-state index in [0.29, 0.717) is 12.2 Å². The molecule has 158 valence electrons. The summed E-state index contributed by atoms with van der Waals surface area (Å²) in [4.78, 5) is 22.1. The molecular weight excluding hydrogens is 376 g/mol.